The zero-order valence-corrected chi connectivity index (χ0v) is 7.00. The second-order valence-electron chi connectivity index (χ2n) is 1.32. The van der Waals surface area contributed by atoms with E-state index in [4.69, 9.17) is 9.90 Å². The lowest BCUT2D eigenvalue weighted by Gasteiger charge is -1.84. The number of carbonyl (C=O) groups excluding carboxylic acids is 1. The Bertz CT molecular complexity index is 96.9. The van der Waals surface area contributed by atoms with Crippen molar-refractivity contribution in [2.45, 2.75) is 12.8 Å². The van der Waals surface area contributed by atoms with Gasteiger partial charge in [-0.15, -0.1) is 0 Å². The molecule has 0 rings (SSSR count). The normalized spacial score (nSPS) is 7.30. The van der Waals surface area contributed by atoms with Gasteiger partial charge in [0.25, 0.3) is 0 Å². The van der Waals surface area contributed by atoms with E-state index in [0.717, 1.165) is 11.8 Å². The molecular weight excluding hydrogens is 202 g/mol. The minimum Gasteiger partial charge on any atom is -0.481 e. The molecule has 0 bridgehead atoms. The number of hydrogen-bond acceptors (Lipinski definition) is 2. The molecule has 1 amide bonds. The van der Waals surface area contributed by atoms with E-state index in [1.54, 1.807) is 0 Å². The first kappa shape index (κ1) is 12.1. The Kier molecular flexibility index (Phi) is 13.6. The quantitative estimate of drug-likeness (QED) is 0.523. The third-order valence-corrected chi connectivity index (χ3v) is 1.09. The standard InChI is InChI=1S/C4H7BrO2.CH3NO/c5-3-1-2-4(6)7;2-1-3/h1-3H2,(H,6,7);1H,(H2,2,3). The Hall–Kier alpha value is -0.580. The molecule has 3 N–H and O–H groups in total. The van der Waals surface area contributed by atoms with Crippen molar-refractivity contribution in [3.63, 3.8) is 0 Å². The fraction of sp³-hybridized carbons (Fsp3) is 0.600. The van der Waals surface area contributed by atoms with Crippen molar-refractivity contribution in [2.24, 2.45) is 5.73 Å². The first-order valence-corrected chi connectivity index (χ1v) is 3.74. The topological polar surface area (TPSA) is 80.4 Å². The van der Waals surface area contributed by atoms with Crippen LogP contribution in [0.2, 0.25) is 0 Å². The molecule has 0 aromatic rings. The molecule has 4 nitrogen and oxygen atoms in total. The van der Waals surface area contributed by atoms with Crippen LogP contribution in [0.1, 0.15) is 12.8 Å². The molecule has 0 saturated carbocycles. The molecular formula is C5H10BrNO3. The van der Waals surface area contributed by atoms with Gasteiger partial charge in [-0.3, -0.25) is 9.59 Å². The third-order valence-electron chi connectivity index (χ3n) is 0.524. The average Bonchev–Trinajstić information content (AvgIpc) is 1.85. The number of amides is 1. The van der Waals surface area contributed by atoms with Crippen molar-refractivity contribution in [3.05, 3.63) is 0 Å². The van der Waals surface area contributed by atoms with Crippen LogP contribution in [-0.2, 0) is 9.59 Å². The molecule has 0 spiro atoms. The van der Waals surface area contributed by atoms with Gasteiger partial charge in [0.05, 0.1) is 0 Å². The Morgan fingerprint density at radius 2 is 2.10 bits per heavy atom. The van der Waals surface area contributed by atoms with E-state index >= 15 is 0 Å². The number of hydrogen-bond donors (Lipinski definition) is 2. The molecule has 0 atom stereocenters. The highest BCUT2D eigenvalue weighted by Gasteiger charge is 1.91. The molecule has 0 aliphatic heterocycles. The summed E-state index contributed by atoms with van der Waals surface area (Å²) in [6.45, 7) is 0. The zero-order chi connectivity index (χ0) is 8.41. The maximum Gasteiger partial charge on any atom is 0.303 e. The van der Waals surface area contributed by atoms with Crippen LogP contribution in [-0.4, -0.2) is 22.8 Å². The summed E-state index contributed by atoms with van der Waals surface area (Å²) in [6.07, 6.45) is 1.24. The van der Waals surface area contributed by atoms with Gasteiger partial charge >= 0.3 is 5.97 Å². The van der Waals surface area contributed by atoms with E-state index in [9.17, 15) is 4.79 Å². The van der Waals surface area contributed by atoms with Crippen molar-refractivity contribution in [1.82, 2.24) is 0 Å². The summed E-state index contributed by atoms with van der Waals surface area (Å²) in [4.78, 5) is 18.3. The lowest BCUT2D eigenvalue weighted by molar-refractivity contribution is -0.137. The van der Waals surface area contributed by atoms with Crippen LogP contribution in [0.3, 0.4) is 0 Å². The van der Waals surface area contributed by atoms with Crippen LogP contribution in [0, 0.1) is 0 Å². The fourth-order valence-electron chi connectivity index (χ4n) is 0.218. The van der Waals surface area contributed by atoms with Gasteiger partial charge in [0.2, 0.25) is 6.41 Å². The van der Waals surface area contributed by atoms with Crippen molar-refractivity contribution in [1.29, 1.82) is 0 Å². The summed E-state index contributed by atoms with van der Waals surface area (Å²) in [5, 5.41) is 8.80. The van der Waals surface area contributed by atoms with Crippen LogP contribution in [0.15, 0.2) is 0 Å². The average molecular weight is 212 g/mol. The number of aliphatic carboxylic acids is 1. The SMILES string of the molecule is NC=O.O=C(O)CCCBr. The van der Waals surface area contributed by atoms with Gasteiger partial charge in [-0.05, 0) is 6.42 Å². The van der Waals surface area contributed by atoms with E-state index in [1.165, 1.54) is 0 Å². The lowest BCUT2D eigenvalue weighted by Crippen LogP contribution is -1.93. The van der Waals surface area contributed by atoms with Gasteiger partial charge in [0.1, 0.15) is 0 Å². The van der Waals surface area contributed by atoms with Gasteiger partial charge in [-0.2, -0.15) is 0 Å². The van der Waals surface area contributed by atoms with E-state index in [2.05, 4.69) is 21.7 Å². The first-order chi connectivity index (χ1) is 4.68. The molecule has 0 fully saturated rings. The highest BCUT2D eigenvalue weighted by molar-refractivity contribution is 9.09. The van der Waals surface area contributed by atoms with Gasteiger partial charge in [0, 0.05) is 11.8 Å². The maximum absolute atomic E-state index is 9.74. The summed E-state index contributed by atoms with van der Waals surface area (Å²) in [5.74, 6) is -0.723. The number of carbonyl (C=O) groups is 2. The van der Waals surface area contributed by atoms with E-state index in [-0.39, 0.29) is 12.8 Å². The number of nitrogens with two attached hydrogens (primary N) is 1. The summed E-state index contributed by atoms with van der Waals surface area (Å²) < 4.78 is 0. The molecule has 0 aromatic carbocycles. The summed E-state index contributed by atoms with van der Waals surface area (Å²) >= 11 is 3.11. The number of rotatable bonds is 3. The molecule has 10 heavy (non-hydrogen) atoms. The molecule has 0 unspecified atom stereocenters. The van der Waals surface area contributed by atoms with Crippen LogP contribution in [0.25, 0.3) is 0 Å². The van der Waals surface area contributed by atoms with Crippen molar-refractivity contribution < 1.29 is 14.7 Å². The molecule has 0 aliphatic rings. The number of alkyl halides is 1. The lowest BCUT2D eigenvalue weighted by atomic mass is 10.3. The summed E-state index contributed by atoms with van der Waals surface area (Å²) in [6, 6.07) is 0. The monoisotopic (exact) mass is 211 g/mol. The highest BCUT2D eigenvalue weighted by atomic mass is 79.9. The van der Waals surface area contributed by atoms with Gasteiger partial charge in [0.15, 0.2) is 0 Å². The summed E-state index contributed by atoms with van der Waals surface area (Å²) in [5.41, 5.74) is 4.17. The predicted octanol–water partition coefficient (Wildman–Crippen LogP) is 0.348. The largest absolute Gasteiger partial charge is 0.481 e. The van der Waals surface area contributed by atoms with Crippen LogP contribution < -0.4 is 5.73 Å². The van der Waals surface area contributed by atoms with Gasteiger partial charge in [-0.25, -0.2) is 0 Å². The molecule has 0 saturated heterocycles. The molecule has 60 valence electrons. The minimum atomic E-state index is -0.723. The van der Waals surface area contributed by atoms with Crippen molar-refractivity contribution >= 4 is 28.3 Å². The smallest absolute Gasteiger partial charge is 0.303 e. The Morgan fingerprint density at radius 3 is 2.20 bits per heavy atom. The maximum atomic E-state index is 9.74. The zero-order valence-electron chi connectivity index (χ0n) is 5.42. The van der Waals surface area contributed by atoms with E-state index < -0.39 is 5.97 Å². The predicted molar refractivity (Wildman–Crippen MR) is 40.9 cm³/mol. The fourth-order valence-corrected chi connectivity index (χ4v) is 0.498. The minimum absolute atomic E-state index is 0.250. The van der Waals surface area contributed by atoms with Crippen LogP contribution in [0.4, 0.5) is 0 Å². The summed E-state index contributed by atoms with van der Waals surface area (Å²) in [7, 11) is 0. The molecule has 5 heteroatoms. The third kappa shape index (κ3) is 26.1. The second kappa shape index (κ2) is 11.2. The molecule has 0 aromatic heterocycles. The Morgan fingerprint density at radius 1 is 1.70 bits per heavy atom. The number of halogens is 1. The van der Waals surface area contributed by atoms with E-state index in [1.807, 2.05) is 0 Å². The molecule has 0 aliphatic carbocycles. The van der Waals surface area contributed by atoms with Crippen molar-refractivity contribution in [2.75, 3.05) is 5.33 Å². The molecule has 0 radical (unpaired) electrons. The molecule has 0 heterocycles. The number of carboxylic acid groups (broad SMARTS) is 1. The van der Waals surface area contributed by atoms with Gasteiger partial charge in [-0.1, -0.05) is 15.9 Å². The van der Waals surface area contributed by atoms with Crippen LogP contribution >= 0.6 is 15.9 Å². The van der Waals surface area contributed by atoms with Gasteiger partial charge < -0.3 is 10.8 Å². The number of primary amides is 1. The number of carboxylic acids is 1. The van der Waals surface area contributed by atoms with Crippen molar-refractivity contribution in [3.8, 4) is 0 Å². The second-order valence-corrected chi connectivity index (χ2v) is 2.12. The van der Waals surface area contributed by atoms with Crippen LogP contribution in [0.5, 0.6) is 0 Å². The van der Waals surface area contributed by atoms with E-state index in [0.29, 0.717) is 0 Å². The first-order valence-electron chi connectivity index (χ1n) is 2.62. The Labute approximate surface area is 67.5 Å². The highest BCUT2D eigenvalue weighted by Crippen LogP contribution is 1.91. The Balaban J connectivity index is 0.